The highest BCUT2D eigenvalue weighted by molar-refractivity contribution is 7.89. The molecule has 0 bridgehead atoms. The Morgan fingerprint density at radius 3 is 2.67 bits per heavy atom. The summed E-state index contributed by atoms with van der Waals surface area (Å²) in [4.78, 5) is 10.5. The Labute approximate surface area is 179 Å². The molecule has 0 spiro atoms. The highest BCUT2D eigenvalue weighted by atomic mass is 32.2. The largest absolute Gasteiger partial charge is 0.369 e. The van der Waals surface area contributed by atoms with Crippen molar-refractivity contribution in [3.05, 3.63) is 45.9 Å². The highest BCUT2D eigenvalue weighted by Gasteiger charge is 2.35. The van der Waals surface area contributed by atoms with Crippen LogP contribution in [0.5, 0.6) is 0 Å². The maximum atomic E-state index is 13.2. The average molecular weight is 449 g/mol. The smallest absolute Gasteiger partial charge is 0.246 e. The molecule has 4 heterocycles. The molecule has 0 amide bonds. The standard InChI is InChI=1S/C19H24N6O3S2/c1-11-14(4)29-19(20-11)22-17-7-5-6-15(21-17)16-10-25(8-9-28-16)30(26,27)18-12(2)23-24-13(18)3/h5-7,16H,8-10H2,1-4H3,(H,23,24)(H,20,21,22). The number of rotatable bonds is 5. The second-order valence-electron chi connectivity index (χ2n) is 7.22. The number of anilines is 2. The van der Waals surface area contributed by atoms with Gasteiger partial charge in [0.15, 0.2) is 5.13 Å². The van der Waals surface area contributed by atoms with Crippen molar-refractivity contribution in [3.63, 3.8) is 0 Å². The number of ether oxygens (including phenoxy) is 1. The van der Waals surface area contributed by atoms with Crippen molar-refractivity contribution in [2.24, 2.45) is 0 Å². The van der Waals surface area contributed by atoms with Crippen LogP contribution in [-0.4, -0.2) is 52.6 Å². The molecule has 30 heavy (non-hydrogen) atoms. The van der Waals surface area contributed by atoms with Gasteiger partial charge >= 0.3 is 0 Å². The highest BCUT2D eigenvalue weighted by Crippen LogP contribution is 2.29. The molecule has 0 saturated carbocycles. The Morgan fingerprint density at radius 1 is 1.20 bits per heavy atom. The van der Waals surface area contributed by atoms with Crippen LogP contribution in [0.4, 0.5) is 10.9 Å². The Balaban J connectivity index is 1.55. The maximum absolute atomic E-state index is 13.2. The summed E-state index contributed by atoms with van der Waals surface area (Å²) in [7, 11) is -3.67. The van der Waals surface area contributed by atoms with E-state index in [9.17, 15) is 8.42 Å². The molecule has 0 radical (unpaired) electrons. The van der Waals surface area contributed by atoms with E-state index in [1.54, 1.807) is 25.2 Å². The number of aromatic amines is 1. The molecule has 1 fully saturated rings. The fraction of sp³-hybridized carbons (Fsp3) is 0.421. The molecule has 3 aromatic rings. The van der Waals surface area contributed by atoms with Gasteiger partial charge in [0.1, 0.15) is 16.8 Å². The molecule has 160 valence electrons. The van der Waals surface area contributed by atoms with E-state index >= 15 is 0 Å². The summed E-state index contributed by atoms with van der Waals surface area (Å²) in [6.07, 6.45) is -0.456. The van der Waals surface area contributed by atoms with E-state index in [4.69, 9.17) is 4.74 Å². The molecular formula is C19H24N6O3S2. The minimum atomic E-state index is -3.67. The third-order valence-corrected chi connectivity index (χ3v) is 8.17. The quantitative estimate of drug-likeness (QED) is 0.617. The van der Waals surface area contributed by atoms with Crippen molar-refractivity contribution in [2.45, 2.75) is 38.7 Å². The zero-order chi connectivity index (χ0) is 21.5. The Bertz CT molecular complexity index is 1130. The van der Waals surface area contributed by atoms with Crippen molar-refractivity contribution >= 4 is 32.3 Å². The van der Waals surface area contributed by atoms with E-state index in [0.717, 1.165) is 15.7 Å². The van der Waals surface area contributed by atoms with Gasteiger partial charge in [0, 0.05) is 18.0 Å². The van der Waals surface area contributed by atoms with Gasteiger partial charge in [0.2, 0.25) is 10.0 Å². The topological polar surface area (TPSA) is 113 Å². The second kappa shape index (κ2) is 8.06. The Morgan fingerprint density at radius 2 is 2.00 bits per heavy atom. The van der Waals surface area contributed by atoms with Gasteiger partial charge in [-0.15, -0.1) is 11.3 Å². The molecule has 1 atom stereocenters. The van der Waals surface area contributed by atoms with Crippen LogP contribution in [0.3, 0.4) is 0 Å². The summed E-state index contributed by atoms with van der Waals surface area (Å²) in [5, 5.41) is 10.8. The SMILES string of the molecule is Cc1nc(Nc2cccc(C3CN(S(=O)(=O)c4c(C)n[nH]c4C)CCO3)n2)sc1C. The third-order valence-electron chi connectivity index (χ3n) is 5.05. The summed E-state index contributed by atoms with van der Waals surface area (Å²) >= 11 is 1.57. The number of aromatic nitrogens is 4. The van der Waals surface area contributed by atoms with Crippen LogP contribution in [0.2, 0.25) is 0 Å². The molecule has 0 aliphatic carbocycles. The van der Waals surface area contributed by atoms with Crippen molar-refractivity contribution in [1.82, 2.24) is 24.5 Å². The van der Waals surface area contributed by atoms with Crippen molar-refractivity contribution in [2.75, 3.05) is 25.0 Å². The summed E-state index contributed by atoms with van der Waals surface area (Å²) in [6, 6.07) is 5.57. The molecule has 11 heteroatoms. The molecule has 9 nitrogen and oxygen atoms in total. The predicted octanol–water partition coefficient (Wildman–Crippen LogP) is 3.00. The normalized spacial score (nSPS) is 17.9. The van der Waals surface area contributed by atoms with Gasteiger partial charge in [0.05, 0.1) is 29.4 Å². The van der Waals surface area contributed by atoms with E-state index < -0.39 is 16.1 Å². The lowest BCUT2D eigenvalue weighted by Crippen LogP contribution is -2.42. The summed E-state index contributed by atoms with van der Waals surface area (Å²) in [6.45, 7) is 8.17. The number of H-pyrrole nitrogens is 1. The number of thiazole rings is 1. The zero-order valence-electron chi connectivity index (χ0n) is 17.3. The van der Waals surface area contributed by atoms with Crippen molar-refractivity contribution < 1.29 is 13.2 Å². The molecule has 4 rings (SSSR count). The molecule has 1 saturated heterocycles. The van der Waals surface area contributed by atoms with Crippen LogP contribution in [-0.2, 0) is 14.8 Å². The van der Waals surface area contributed by atoms with Crippen LogP contribution in [0.25, 0.3) is 0 Å². The Kier molecular flexibility index (Phi) is 5.62. The van der Waals surface area contributed by atoms with E-state index in [2.05, 4.69) is 25.5 Å². The molecule has 1 aliphatic heterocycles. The van der Waals surface area contributed by atoms with E-state index in [1.165, 1.54) is 4.31 Å². The molecule has 1 unspecified atom stereocenters. The number of aryl methyl sites for hydroxylation is 4. The van der Waals surface area contributed by atoms with Crippen LogP contribution in [0.1, 0.15) is 33.8 Å². The fourth-order valence-electron chi connectivity index (χ4n) is 3.41. The van der Waals surface area contributed by atoms with E-state index in [1.807, 2.05) is 32.0 Å². The van der Waals surface area contributed by atoms with E-state index in [0.29, 0.717) is 36.1 Å². The first-order valence-corrected chi connectivity index (χ1v) is 11.8. The summed E-state index contributed by atoms with van der Waals surface area (Å²) < 4.78 is 33.7. The summed E-state index contributed by atoms with van der Waals surface area (Å²) in [5.74, 6) is 0.645. The van der Waals surface area contributed by atoms with Gasteiger partial charge in [-0.3, -0.25) is 5.10 Å². The second-order valence-corrected chi connectivity index (χ2v) is 10.3. The third kappa shape index (κ3) is 3.97. The van der Waals surface area contributed by atoms with Gasteiger partial charge in [-0.2, -0.15) is 9.40 Å². The number of hydrogen-bond acceptors (Lipinski definition) is 8. The van der Waals surface area contributed by atoms with Crippen LogP contribution in [0.15, 0.2) is 23.1 Å². The molecule has 2 N–H and O–H groups in total. The minimum absolute atomic E-state index is 0.193. The number of sulfonamides is 1. The first kappa shape index (κ1) is 20.9. The minimum Gasteiger partial charge on any atom is -0.369 e. The van der Waals surface area contributed by atoms with Crippen molar-refractivity contribution in [3.8, 4) is 0 Å². The molecule has 1 aliphatic rings. The lowest BCUT2D eigenvalue weighted by Gasteiger charge is -2.32. The number of pyridine rings is 1. The average Bonchev–Trinajstić information content (AvgIpc) is 3.22. The number of hydrogen-bond donors (Lipinski definition) is 2. The first-order chi connectivity index (χ1) is 14.3. The van der Waals surface area contributed by atoms with Crippen LogP contribution < -0.4 is 5.32 Å². The lowest BCUT2D eigenvalue weighted by molar-refractivity contribution is -0.00488. The van der Waals surface area contributed by atoms with Gasteiger partial charge in [-0.1, -0.05) is 6.07 Å². The lowest BCUT2D eigenvalue weighted by atomic mass is 10.2. The predicted molar refractivity (Wildman–Crippen MR) is 115 cm³/mol. The zero-order valence-corrected chi connectivity index (χ0v) is 18.9. The van der Waals surface area contributed by atoms with Crippen LogP contribution >= 0.6 is 11.3 Å². The number of nitrogens with one attached hydrogen (secondary N) is 2. The summed E-state index contributed by atoms with van der Waals surface area (Å²) in [5.41, 5.74) is 2.66. The molecule has 0 aromatic carbocycles. The fourth-order valence-corrected chi connectivity index (χ4v) is 5.99. The Hall–Kier alpha value is -2.34. The first-order valence-electron chi connectivity index (χ1n) is 9.57. The monoisotopic (exact) mass is 448 g/mol. The van der Waals surface area contributed by atoms with Gasteiger partial charge in [-0.05, 0) is 39.8 Å². The van der Waals surface area contributed by atoms with Gasteiger partial charge < -0.3 is 10.1 Å². The van der Waals surface area contributed by atoms with Gasteiger partial charge in [0.25, 0.3) is 0 Å². The molecule has 3 aromatic heterocycles. The number of nitrogens with zero attached hydrogens (tertiary/aromatic N) is 4. The van der Waals surface area contributed by atoms with Gasteiger partial charge in [-0.25, -0.2) is 18.4 Å². The molecular weight excluding hydrogens is 424 g/mol. The number of morpholine rings is 1. The van der Waals surface area contributed by atoms with Crippen LogP contribution in [0, 0.1) is 27.7 Å². The van der Waals surface area contributed by atoms with Crippen molar-refractivity contribution in [1.29, 1.82) is 0 Å². The maximum Gasteiger partial charge on any atom is 0.246 e. The van der Waals surface area contributed by atoms with E-state index in [-0.39, 0.29) is 11.4 Å².